The maximum Gasteiger partial charge on any atom is 0.169 e. The summed E-state index contributed by atoms with van der Waals surface area (Å²) in [6, 6.07) is 13.3. The monoisotopic (exact) mass is 241 g/mol. The Morgan fingerprint density at radius 2 is 1.76 bits per heavy atom. The van der Waals surface area contributed by atoms with Crippen LogP contribution < -0.4 is 0 Å². The van der Waals surface area contributed by atoms with Crippen LogP contribution in [0.2, 0.25) is 5.02 Å². The number of carbonyl (C=O) groups is 1. The summed E-state index contributed by atoms with van der Waals surface area (Å²) >= 11 is 5.94. The number of rotatable bonds is 1. The van der Waals surface area contributed by atoms with Gasteiger partial charge >= 0.3 is 0 Å². The minimum absolute atomic E-state index is 0.454. The quantitative estimate of drug-likeness (QED) is 0.478. The van der Waals surface area contributed by atoms with Crippen LogP contribution in [0.1, 0.15) is 10.5 Å². The average Bonchev–Trinajstić information content (AvgIpc) is 2.37. The standard InChI is InChI=1S/C14H8ClNO/c15-9-5-6-12-10-3-1-2-4-11(10)14(8-17)16-13(12)7-9/h1-8H. The van der Waals surface area contributed by atoms with Crippen molar-refractivity contribution in [2.24, 2.45) is 0 Å². The zero-order chi connectivity index (χ0) is 11.8. The fourth-order valence-electron chi connectivity index (χ4n) is 2.05. The van der Waals surface area contributed by atoms with Crippen LogP contribution in [0.5, 0.6) is 0 Å². The van der Waals surface area contributed by atoms with Crippen molar-refractivity contribution in [1.29, 1.82) is 0 Å². The summed E-state index contributed by atoms with van der Waals surface area (Å²) in [6.45, 7) is 0. The minimum atomic E-state index is 0.454. The molecule has 1 heterocycles. The van der Waals surface area contributed by atoms with E-state index in [4.69, 9.17) is 11.6 Å². The third-order valence-corrected chi connectivity index (χ3v) is 3.04. The SMILES string of the molecule is O=Cc1nc2cc(Cl)ccc2c2ccccc12. The van der Waals surface area contributed by atoms with E-state index in [9.17, 15) is 4.79 Å². The first kappa shape index (κ1) is 10.2. The van der Waals surface area contributed by atoms with Crippen molar-refractivity contribution in [3.63, 3.8) is 0 Å². The van der Waals surface area contributed by atoms with E-state index >= 15 is 0 Å². The number of halogens is 1. The molecule has 2 nitrogen and oxygen atoms in total. The fourth-order valence-corrected chi connectivity index (χ4v) is 2.21. The van der Waals surface area contributed by atoms with E-state index in [1.165, 1.54) is 0 Å². The summed E-state index contributed by atoms with van der Waals surface area (Å²) in [6.07, 6.45) is 0.780. The van der Waals surface area contributed by atoms with E-state index in [0.29, 0.717) is 10.7 Å². The molecule has 3 heteroatoms. The number of carbonyl (C=O) groups excluding carboxylic acids is 1. The number of aldehydes is 1. The molecular formula is C14H8ClNO. The van der Waals surface area contributed by atoms with E-state index in [0.717, 1.165) is 28.0 Å². The lowest BCUT2D eigenvalue weighted by atomic mass is 10.0. The van der Waals surface area contributed by atoms with E-state index in [1.807, 2.05) is 36.4 Å². The third-order valence-electron chi connectivity index (χ3n) is 2.81. The summed E-state index contributed by atoms with van der Waals surface area (Å²) < 4.78 is 0. The molecule has 0 saturated carbocycles. The number of pyridine rings is 1. The van der Waals surface area contributed by atoms with Gasteiger partial charge in [0.25, 0.3) is 0 Å². The number of hydrogen-bond donors (Lipinski definition) is 0. The maximum atomic E-state index is 11.1. The van der Waals surface area contributed by atoms with Crippen molar-refractivity contribution >= 4 is 39.6 Å². The van der Waals surface area contributed by atoms with Crippen LogP contribution in [0.25, 0.3) is 21.7 Å². The second-order valence-corrected chi connectivity index (χ2v) is 4.26. The molecule has 0 bridgehead atoms. The molecule has 0 aliphatic rings. The van der Waals surface area contributed by atoms with Gasteiger partial charge in [0.2, 0.25) is 0 Å². The molecule has 0 aliphatic heterocycles. The third kappa shape index (κ3) is 1.58. The van der Waals surface area contributed by atoms with Crippen LogP contribution in [0.3, 0.4) is 0 Å². The highest BCUT2D eigenvalue weighted by molar-refractivity contribution is 6.31. The Morgan fingerprint density at radius 3 is 2.53 bits per heavy atom. The Labute approximate surface area is 103 Å². The normalized spacial score (nSPS) is 10.9. The van der Waals surface area contributed by atoms with Gasteiger partial charge in [-0.05, 0) is 17.5 Å². The summed E-state index contributed by atoms with van der Waals surface area (Å²) in [7, 11) is 0. The first-order chi connectivity index (χ1) is 8.29. The second kappa shape index (κ2) is 3.82. The van der Waals surface area contributed by atoms with Crippen LogP contribution in [-0.4, -0.2) is 11.3 Å². The number of hydrogen-bond acceptors (Lipinski definition) is 2. The average molecular weight is 242 g/mol. The Balaban J connectivity index is 2.58. The summed E-state index contributed by atoms with van der Waals surface area (Å²) in [4.78, 5) is 15.4. The molecule has 3 rings (SSSR count). The van der Waals surface area contributed by atoms with Crippen molar-refractivity contribution in [2.45, 2.75) is 0 Å². The van der Waals surface area contributed by atoms with Gasteiger partial charge in [0, 0.05) is 15.8 Å². The van der Waals surface area contributed by atoms with Crippen molar-refractivity contribution in [3.8, 4) is 0 Å². The van der Waals surface area contributed by atoms with Gasteiger partial charge in [-0.15, -0.1) is 0 Å². The lowest BCUT2D eigenvalue weighted by molar-refractivity contribution is 0.112. The largest absolute Gasteiger partial charge is 0.296 e. The van der Waals surface area contributed by atoms with Crippen LogP contribution in [-0.2, 0) is 0 Å². The highest BCUT2D eigenvalue weighted by Gasteiger charge is 2.07. The number of aromatic nitrogens is 1. The predicted molar refractivity (Wildman–Crippen MR) is 69.6 cm³/mol. The van der Waals surface area contributed by atoms with Gasteiger partial charge in [-0.2, -0.15) is 0 Å². The smallest absolute Gasteiger partial charge is 0.169 e. The maximum absolute atomic E-state index is 11.1. The Bertz CT molecular complexity index is 737. The van der Waals surface area contributed by atoms with Crippen LogP contribution >= 0.6 is 11.6 Å². The molecule has 3 aromatic rings. The van der Waals surface area contributed by atoms with Crippen molar-refractivity contribution < 1.29 is 4.79 Å². The van der Waals surface area contributed by atoms with E-state index < -0.39 is 0 Å². The van der Waals surface area contributed by atoms with Gasteiger partial charge in [0.05, 0.1) is 5.52 Å². The summed E-state index contributed by atoms with van der Waals surface area (Å²) in [5.41, 5.74) is 1.20. The molecule has 0 N–H and O–H groups in total. The second-order valence-electron chi connectivity index (χ2n) is 3.82. The first-order valence-electron chi connectivity index (χ1n) is 5.23. The number of nitrogens with zero attached hydrogens (tertiary/aromatic N) is 1. The molecule has 0 amide bonds. The lowest BCUT2D eigenvalue weighted by Gasteiger charge is -2.05. The predicted octanol–water partition coefficient (Wildman–Crippen LogP) is 3.85. The van der Waals surface area contributed by atoms with E-state index in [2.05, 4.69) is 4.98 Å². The first-order valence-corrected chi connectivity index (χ1v) is 5.60. The van der Waals surface area contributed by atoms with Crippen molar-refractivity contribution in [3.05, 3.63) is 53.2 Å². The minimum Gasteiger partial charge on any atom is -0.296 e. The molecule has 2 aromatic carbocycles. The molecule has 0 fully saturated rings. The van der Waals surface area contributed by atoms with Crippen LogP contribution in [0, 0.1) is 0 Å². The Hall–Kier alpha value is -1.93. The molecular weight excluding hydrogens is 234 g/mol. The molecule has 0 aliphatic carbocycles. The number of benzene rings is 2. The van der Waals surface area contributed by atoms with Gasteiger partial charge in [-0.1, -0.05) is 41.9 Å². The van der Waals surface area contributed by atoms with Gasteiger partial charge in [-0.25, -0.2) is 4.98 Å². The highest BCUT2D eigenvalue weighted by Crippen LogP contribution is 2.27. The molecule has 0 unspecified atom stereocenters. The molecule has 0 spiro atoms. The van der Waals surface area contributed by atoms with Crippen LogP contribution in [0.4, 0.5) is 0 Å². The van der Waals surface area contributed by atoms with Crippen molar-refractivity contribution in [2.75, 3.05) is 0 Å². The van der Waals surface area contributed by atoms with Gasteiger partial charge in [0.15, 0.2) is 6.29 Å². The topological polar surface area (TPSA) is 30.0 Å². The summed E-state index contributed by atoms with van der Waals surface area (Å²) in [5.74, 6) is 0. The molecule has 0 atom stereocenters. The zero-order valence-corrected chi connectivity index (χ0v) is 9.61. The van der Waals surface area contributed by atoms with Gasteiger partial charge < -0.3 is 0 Å². The lowest BCUT2D eigenvalue weighted by Crippen LogP contribution is -1.91. The molecule has 17 heavy (non-hydrogen) atoms. The summed E-state index contributed by atoms with van der Waals surface area (Å²) in [5, 5.41) is 3.53. The highest BCUT2D eigenvalue weighted by atomic mass is 35.5. The van der Waals surface area contributed by atoms with Gasteiger partial charge in [0.1, 0.15) is 5.69 Å². The number of fused-ring (bicyclic) bond motifs is 3. The van der Waals surface area contributed by atoms with E-state index in [-0.39, 0.29) is 0 Å². The zero-order valence-electron chi connectivity index (χ0n) is 8.85. The Kier molecular flexibility index (Phi) is 2.30. The molecule has 82 valence electrons. The Morgan fingerprint density at radius 1 is 1.00 bits per heavy atom. The molecule has 1 aromatic heterocycles. The fraction of sp³-hybridized carbons (Fsp3) is 0. The molecule has 0 saturated heterocycles. The molecule has 0 radical (unpaired) electrons. The van der Waals surface area contributed by atoms with Crippen LogP contribution in [0.15, 0.2) is 42.5 Å². The van der Waals surface area contributed by atoms with Crippen molar-refractivity contribution in [1.82, 2.24) is 4.98 Å². The van der Waals surface area contributed by atoms with Gasteiger partial charge in [-0.3, -0.25) is 4.79 Å². The van der Waals surface area contributed by atoms with E-state index in [1.54, 1.807) is 6.07 Å².